The monoisotopic (exact) mass is 536 g/mol. The first-order valence-electron chi connectivity index (χ1n) is 12.6. The van der Waals surface area contributed by atoms with E-state index >= 15 is 0 Å². The zero-order valence-electron chi connectivity index (χ0n) is 22.5. The van der Waals surface area contributed by atoms with Gasteiger partial charge in [0.1, 0.15) is 23.1 Å². The Morgan fingerprint density at radius 1 is 1.10 bits per heavy atom. The molecule has 206 valence electrons. The maximum atomic E-state index is 13.4. The zero-order chi connectivity index (χ0) is 28.2. The highest BCUT2D eigenvalue weighted by molar-refractivity contribution is 5.95. The number of hydrogen-bond donors (Lipinski definition) is 2. The van der Waals surface area contributed by atoms with E-state index in [1.54, 1.807) is 23.1 Å². The van der Waals surface area contributed by atoms with Crippen LogP contribution in [0.1, 0.15) is 36.7 Å². The summed E-state index contributed by atoms with van der Waals surface area (Å²) in [7, 11) is 1.51. The van der Waals surface area contributed by atoms with Crippen molar-refractivity contribution in [3.63, 3.8) is 0 Å². The number of piperazine rings is 1. The first kappa shape index (κ1) is 27.9. The van der Waals surface area contributed by atoms with E-state index in [1.807, 2.05) is 25.7 Å². The van der Waals surface area contributed by atoms with E-state index in [4.69, 9.17) is 15.2 Å². The van der Waals surface area contributed by atoms with Crippen LogP contribution >= 0.6 is 0 Å². The summed E-state index contributed by atoms with van der Waals surface area (Å²) in [5.41, 5.74) is 6.36. The predicted molar refractivity (Wildman–Crippen MR) is 144 cm³/mol. The van der Waals surface area contributed by atoms with Crippen molar-refractivity contribution >= 4 is 17.6 Å². The number of benzene rings is 1. The molecule has 4 rings (SSSR count). The number of rotatable bonds is 8. The van der Waals surface area contributed by atoms with Crippen LogP contribution in [0.15, 0.2) is 54.9 Å². The second-order valence-corrected chi connectivity index (χ2v) is 9.94. The molecule has 0 aliphatic carbocycles. The van der Waals surface area contributed by atoms with Gasteiger partial charge in [-0.25, -0.2) is 14.4 Å². The summed E-state index contributed by atoms with van der Waals surface area (Å²) < 4.78 is 23.9. The number of nitrogens with two attached hydrogens (primary N) is 1. The molecule has 1 aliphatic rings. The number of hydrogen-bond acceptors (Lipinski definition) is 8. The number of anilines is 1. The fourth-order valence-corrected chi connectivity index (χ4v) is 4.55. The van der Waals surface area contributed by atoms with Crippen LogP contribution in [0.3, 0.4) is 0 Å². The molecule has 2 amide bonds. The topological polar surface area (TPSA) is 123 Å². The summed E-state index contributed by atoms with van der Waals surface area (Å²) in [5, 5.41) is 2.84. The van der Waals surface area contributed by atoms with E-state index in [9.17, 15) is 14.0 Å². The number of aromatic nitrogens is 2. The van der Waals surface area contributed by atoms with Crippen molar-refractivity contribution < 1.29 is 23.5 Å². The number of amides is 2. The number of nitrogens with zero attached hydrogens (tertiary/aromatic N) is 4. The molecule has 11 heteroatoms. The number of carbonyl (C=O) groups is 2. The normalized spacial score (nSPS) is 15.9. The van der Waals surface area contributed by atoms with Crippen molar-refractivity contribution in [3.05, 3.63) is 71.8 Å². The van der Waals surface area contributed by atoms with Gasteiger partial charge in [-0.2, -0.15) is 0 Å². The molecule has 0 spiro atoms. The van der Waals surface area contributed by atoms with Gasteiger partial charge in [-0.3, -0.25) is 14.5 Å². The Morgan fingerprint density at radius 2 is 1.82 bits per heavy atom. The van der Waals surface area contributed by atoms with Crippen LogP contribution in [-0.4, -0.2) is 69.9 Å². The van der Waals surface area contributed by atoms with Gasteiger partial charge < -0.3 is 25.4 Å². The maximum absolute atomic E-state index is 13.4. The minimum atomic E-state index is -0.537. The second-order valence-electron chi connectivity index (χ2n) is 9.94. The van der Waals surface area contributed by atoms with Crippen molar-refractivity contribution in [3.8, 4) is 17.4 Å². The van der Waals surface area contributed by atoms with Gasteiger partial charge in [-0.15, -0.1) is 0 Å². The average Bonchev–Trinajstić information content (AvgIpc) is 2.93. The van der Waals surface area contributed by atoms with Gasteiger partial charge in [0.25, 0.3) is 5.91 Å². The quantitative estimate of drug-likeness (QED) is 0.449. The number of nitrogens with one attached hydrogen (secondary N) is 1. The van der Waals surface area contributed by atoms with Crippen LogP contribution in [0, 0.1) is 5.82 Å². The molecule has 39 heavy (non-hydrogen) atoms. The van der Waals surface area contributed by atoms with Gasteiger partial charge in [0, 0.05) is 37.9 Å². The Kier molecular flexibility index (Phi) is 8.41. The molecule has 1 unspecified atom stereocenters. The molecule has 0 bridgehead atoms. The van der Waals surface area contributed by atoms with Gasteiger partial charge >= 0.3 is 0 Å². The van der Waals surface area contributed by atoms with Gasteiger partial charge in [0.15, 0.2) is 0 Å². The van der Waals surface area contributed by atoms with Gasteiger partial charge in [0.05, 0.1) is 30.5 Å². The molecule has 3 aromatic rings. The van der Waals surface area contributed by atoms with Crippen LogP contribution in [0.5, 0.6) is 17.4 Å². The lowest BCUT2D eigenvalue weighted by Crippen LogP contribution is -2.63. The average molecular weight is 537 g/mol. The molecular formula is C28H33FN6O4. The Morgan fingerprint density at radius 3 is 2.44 bits per heavy atom. The van der Waals surface area contributed by atoms with Crippen LogP contribution < -0.4 is 20.5 Å². The molecule has 3 heterocycles. The first-order chi connectivity index (χ1) is 18.6. The molecule has 3 N–H and O–H groups in total. The van der Waals surface area contributed by atoms with Crippen LogP contribution in [-0.2, 0) is 11.3 Å². The SMILES string of the molecule is COc1ncc(C(=O)N2CCN(C(C)C(=O)Nc3ccc(Oc4ccc(F)cc4)cn3)CC2(C)C)cc1CN. The Balaban J connectivity index is 1.35. The molecular weight excluding hydrogens is 503 g/mol. The smallest absolute Gasteiger partial charge is 0.255 e. The van der Waals surface area contributed by atoms with E-state index in [-0.39, 0.29) is 24.2 Å². The number of methoxy groups -OCH3 is 1. The summed E-state index contributed by atoms with van der Waals surface area (Å²) in [6.07, 6.45) is 2.99. The van der Waals surface area contributed by atoms with Gasteiger partial charge in [-0.1, -0.05) is 0 Å². The number of ether oxygens (including phenoxy) is 2. The number of halogens is 1. The van der Waals surface area contributed by atoms with Crippen LogP contribution in [0.4, 0.5) is 10.2 Å². The third kappa shape index (κ3) is 6.50. The lowest BCUT2D eigenvalue weighted by molar-refractivity contribution is -0.122. The summed E-state index contributed by atoms with van der Waals surface area (Å²) in [5.74, 6) is 1.02. The van der Waals surface area contributed by atoms with E-state index in [2.05, 4.69) is 15.3 Å². The Hall–Kier alpha value is -4.09. The minimum absolute atomic E-state index is 0.145. The summed E-state index contributed by atoms with van der Waals surface area (Å²) in [6, 6.07) is 10.2. The fourth-order valence-electron chi connectivity index (χ4n) is 4.55. The van der Waals surface area contributed by atoms with Gasteiger partial charge in [0.2, 0.25) is 11.8 Å². The summed E-state index contributed by atoms with van der Waals surface area (Å²) in [4.78, 5) is 38.7. The Labute approximate surface area is 226 Å². The molecule has 1 saturated heterocycles. The van der Waals surface area contributed by atoms with Crippen molar-refractivity contribution in [2.45, 2.75) is 38.9 Å². The van der Waals surface area contributed by atoms with Crippen LogP contribution in [0.25, 0.3) is 0 Å². The molecule has 0 saturated carbocycles. The van der Waals surface area contributed by atoms with Crippen molar-refractivity contribution in [1.82, 2.24) is 19.8 Å². The van der Waals surface area contributed by atoms with Crippen molar-refractivity contribution in [1.29, 1.82) is 0 Å². The molecule has 1 aromatic carbocycles. The molecule has 1 aliphatic heterocycles. The number of pyridine rings is 2. The zero-order valence-corrected chi connectivity index (χ0v) is 22.5. The predicted octanol–water partition coefficient (Wildman–Crippen LogP) is 3.44. The fraction of sp³-hybridized carbons (Fsp3) is 0.357. The molecule has 2 aromatic heterocycles. The van der Waals surface area contributed by atoms with E-state index in [1.165, 1.54) is 43.8 Å². The maximum Gasteiger partial charge on any atom is 0.255 e. The van der Waals surface area contributed by atoms with Crippen molar-refractivity contribution in [2.75, 3.05) is 32.1 Å². The lowest BCUT2D eigenvalue weighted by Gasteiger charge is -2.48. The van der Waals surface area contributed by atoms with E-state index < -0.39 is 11.6 Å². The first-order valence-corrected chi connectivity index (χ1v) is 12.6. The highest BCUT2D eigenvalue weighted by atomic mass is 19.1. The van der Waals surface area contributed by atoms with Crippen molar-refractivity contribution in [2.24, 2.45) is 5.73 Å². The highest BCUT2D eigenvalue weighted by Crippen LogP contribution is 2.27. The van der Waals surface area contributed by atoms with Crippen LogP contribution in [0.2, 0.25) is 0 Å². The highest BCUT2D eigenvalue weighted by Gasteiger charge is 2.39. The molecule has 10 nitrogen and oxygen atoms in total. The summed E-state index contributed by atoms with van der Waals surface area (Å²) in [6.45, 7) is 7.46. The summed E-state index contributed by atoms with van der Waals surface area (Å²) >= 11 is 0. The molecule has 0 radical (unpaired) electrons. The van der Waals surface area contributed by atoms with E-state index in [0.717, 1.165) is 0 Å². The minimum Gasteiger partial charge on any atom is -0.481 e. The lowest BCUT2D eigenvalue weighted by atomic mass is 9.96. The van der Waals surface area contributed by atoms with E-state index in [0.29, 0.717) is 54.0 Å². The van der Waals surface area contributed by atoms with Gasteiger partial charge in [-0.05, 0) is 63.2 Å². The number of carbonyl (C=O) groups excluding carboxylic acids is 2. The third-order valence-electron chi connectivity index (χ3n) is 6.73. The Bertz CT molecular complexity index is 1320. The standard InChI is InChI=1S/C28H33FN6O4/c1-18(25(36)33-24-10-9-23(16-31-24)39-22-7-5-21(29)6-8-22)34-11-12-35(28(2,3)17-34)27(37)20-13-19(14-30)26(38-4)32-15-20/h5-10,13,15-16,18H,11-12,14,17,30H2,1-4H3,(H,31,33,36). The largest absolute Gasteiger partial charge is 0.481 e. The second kappa shape index (κ2) is 11.7. The third-order valence-corrected chi connectivity index (χ3v) is 6.73. The molecule has 1 fully saturated rings. The molecule has 1 atom stereocenters.